The molecule has 0 aromatic heterocycles. The first-order valence-electron chi connectivity index (χ1n) is 5.11. The van der Waals surface area contributed by atoms with Gasteiger partial charge in [-0.25, -0.2) is 4.89 Å². The van der Waals surface area contributed by atoms with Gasteiger partial charge in [0.15, 0.2) is 0 Å². The summed E-state index contributed by atoms with van der Waals surface area (Å²) < 4.78 is 20.3. The average Bonchev–Trinajstić information content (AvgIpc) is 2.19. The van der Waals surface area contributed by atoms with Gasteiger partial charge in [0.1, 0.15) is 0 Å². The fourth-order valence-corrected chi connectivity index (χ4v) is 1.73. The second-order valence-electron chi connectivity index (χ2n) is 3.23. The first-order valence-corrected chi connectivity index (χ1v) is 6.34. The van der Waals surface area contributed by atoms with Crippen molar-refractivity contribution in [1.29, 1.82) is 0 Å². The third-order valence-electron chi connectivity index (χ3n) is 2.13. The Morgan fingerprint density at radius 1 is 1.36 bits per heavy atom. The molecule has 0 spiro atoms. The molecule has 5 heteroatoms. The van der Waals surface area contributed by atoms with Crippen molar-refractivity contribution in [3.63, 3.8) is 0 Å². The number of unbranched alkanes of at least 4 members (excludes halogenated alkanes) is 1. The van der Waals surface area contributed by atoms with Crippen LogP contribution in [0.25, 0.3) is 0 Å². The minimum atomic E-state index is -2.44. The molecule has 0 amide bonds. The highest BCUT2D eigenvalue weighted by molar-refractivity contribution is 6.25. The van der Waals surface area contributed by atoms with Crippen LogP contribution in [0.15, 0.2) is 0 Å². The maximum absolute atomic E-state index is 11.0. The van der Waals surface area contributed by atoms with Crippen LogP contribution in [0, 0.1) is 5.92 Å². The van der Waals surface area contributed by atoms with E-state index in [1.807, 2.05) is 0 Å². The average molecular weight is 220 g/mol. The van der Waals surface area contributed by atoms with Crippen LogP contribution in [0.5, 0.6) is 0 Å². The number of hydrogen-bond donors (Lipinski definition) is 0. The summed E-state index contributed by atoms with van der Waals surface area (Å²) in [6.45, 7) is 4.76. The Bertz CT molecular complexity index is 152. The summed E-state index contributed by atoms with van der Waals surface area (Å²) in [5.74, 6) is 0.476. The third kappa shape index (κ3) is 7.03. The van der Waals surface area contributed by atoms with Gasteiger partial charge >= 0.3 is 9.17 Å². The first kappa shape index (κ1) is 13.6. The summed E-state index contributed by atoms with van der Waals surface area (Å²) in [5, 5.41) is 0. The van der Waals surface area contributed by atoms with E-state index >= 15 is 0 Å². The molecule has 0 fully saturated rings. The lowest BCUT2D eigenvalue weighted by Gasteiger charge is -2.13. The van der Waals surface area contributed by atoms with Gasteiger partial charge in [-0.1, -0.05) is 33.1 Å². The van der Waals surface area contributed by atoms with E-state index < -0.39 is 9.17 Å². The summed E-state index contributed by atoms with van der Waals surface area (Å²) in [6.07, 6.45) is 4.53. The maximum atomic E-state index is 11.0. The van der Waals surface area contributed by atoms with Crippen LogP contribution >= 0.6 is 0 Å². The minimum absolute atomic E-state index is 0.476. The largest absolute Gasteiger partial charge is 0.801 e. The molecule has 0 bridgehead atoms. The number of hydrogen-bond acceptors (Lipinski definition) is 4. The molecule has 0 aliphatic heterocycles. The Balaban J connectivity index is 3.55. The zero-order valence-corrected chi connectivity index (χ0v) is 10.2. The van der Waals surface area contributed by atoms with Crippen molar-refractivity contribution in [2.24, 2.45) is 5.92 Å². The van der Waals surface area contributed by atoms with E-state index in [1.165, 1.54) is 20.0 Å². The normalized spacial score (nSPS) is 12.2. The lowest BCUT2D eigenvalue weighted by molar-refractivity contribution is -0.203. The second kappa shape index (κ2) is 9.14. The smallest absolute Gasteiger partial charge is 0.494 e. The Morgan fingerprint density at radius 3 is 2.57 bits per heavy atom. The van der Waals surface area contributed by atoms with E-state index in [0.29, 0.717) is 12.5 Å². The zero-order valence-electron chi connectivity index (χ0n) is 9.25. The van der Waals surface area contributed by atoms with Gasteiger partial charge in [-0.3, -0.25) is 4.46 Å². The molecule has 14 heavy (non-hydrogen) atoms. The molecule has 0 aromatic rings. The van der Waals surface area contributed by atoms with Crippen LogP contribution in [0.1, 0.15) is 39.5 Å². The molecular formula is C9H20O4Si. The standard InChI is InChI=1S/C9H20O4Si/c1-4-6-7-9(5-2)8-12-14(10)13-11-3/h9H,4-8H2,1-3H3. The fraction of sp³-hybridized carbons (Fsp3) is 1.00. The molecule has 1 atom stereocenters. The highest BCUT2D eigenvalue weighted by atomic mass is 28.3. The Hall–Kier alpha value is -0.423. The lowest BCUT2D eigenvalue weighted by Crippen LogP contribution is -2.17. The van der Waals surface area contributed by atoms with Crippen molar-refractivity contribution in [2.75, 3.05) is 13.7 Å². The quantitative estimate of drug-likeness (QED) is 0.339. The molecule has 1 unspecified atom stereocenters. The number of rotatable bonds is 9. The predicted octanol–water partition coefficient (Wildman–Crippen LogP) is 2.21. The molecule has 0 radical (unpaired) electrons. The SMILES string of the molecule is CCCCC(CC)CO[Si](=O)OOC. The van der Waals surface area contributed by atoms with Crippen LogP contribution in [0.3, 0.4) is 0 Å². The van der Waals surface area contributed by atoms with Gasteiger partial charge in [0.25, 0.3) is 0 Å². The molecule has 0 heterocycles. The van der Waals surface area contributed by atoms with E-state index in [2.05, 4.69) is 23.3 Å². The lowest BCUT2D eigenvalue weighted by atomic mass is 10.0. The van der Waals surface area contributed by atoms with Crippen molar-refractivity contribution in [3.8, 4) is 0 Å². The predicted molar refractivity (Wildman–Crippen MR) is 53.8 cm³/mol. The van der Waals surface area contributed by atoms with Gasteiger partial charge in [-0.15, -0.1) is 0 Å². The fourth-order valence-electron chi connectivity index (χ4n) is 1.18. The molecule has 0 saturated heterocycles. The van der Waals surface area contributed by atoms with Crippen LogP contribution < -0.4 is 0 Å². The minimum Gasteiger partial charge on any atom is -0.494 e. The summed E-state index contributed by atoms with van der Waals surface area (Å²) in [6, 6.07) is 0. The van der Waals surface area contributed by atoms with E-state index in [4.69, 9.17) is 4.43 Å². The van der Waals surface area contributed by atoms with Crippen molar-refractivity contribution in [3.05, 3.63) is 0 Å². The van der Waals surface area contributed by atoms with Crippen LogP contribution in [-0.2, 0) is 18.4 Å². The monoisotopic (exact) mass is 220 g/mol. The molecule has 4 nitrogen and oxygen atoms in total. The highest BCUT2D eigenvalue weighted by Crippen LogP contribution is 2.12. The highest BCUT2D eigenvalue weighted by Gasteiger charge is 2.15. The van der Waals surface area contributed by atoms with Crippen molar-refractivity contribution >= 4 is 9.17 Å². The van der Waals surface area contributed by atoms with E-state index in [1.54, 1.807) is 0 Å². The van der Waals surface area contributed by atoms with E-state index in [-0.39, 0.29) is 0 Å². The molecule has 0 aromatic carbocycles. The molecule has 84 valence electrons. The first-order chi connectivity index (χ1) is 6.74. The molecule has 0 N–H and O–H groups in total. The van der Waals surface area contributed by atoms with Gasteiger partial charge in [0.2, 0.25) is 0 Å². The van der Waals surface area contributed by atoms with Crippen LogP contribution in [0.2, 0.25) is 0 Å². The molecule has 0 saturated carbocycles. The molecule has 0 aliphatic carbocycles. The van der Waals surface area contributed by atoms with Crippen molar-refractivity contribution in [2.45, 2.75) is 39.5 Å². The zero-order chi connectivity index (χ0) is 10.8. The van der Waals surface area contributed by atoms with E-state index in [0.717, 1.165) is 12.8 Å². The van der Waals surface area contributed by atoms with Crippen molar-refractivity contribution < 1.29 is 18.4 Å². The maximum Gasteiger partial charge on any atom is 0.801 e. The second-order valence-corrected chi connectivity index (χ2v) is 4.18. The van der Waals surface area contributed by atoms with Crippen LogP contribution in [0.4, 0.5) is 0 Å². The Labute approximate surface area is 87.4 Å². The Kier molecular flexibility index (Phi) is 8.87. The van der Waals surface area contributed by atoms with Gasteiger partial charge in [-0.2, -0.15) is 0 Å². The van der Waals surface area contributed by atoms with Crippen LogP contribution in [-0.4, -0.2) is 22.9 Å². The molecule has 0 rings (SSSR count). The topological polar surface area (TPSA) is 44.8 Å². The molecular weight excluding hydrogens is 200 g/mol. The van der Waals surface area contributed by atoms with Gasteiger partial charge in [0, 0.05) is 0 Å². The summed E-state index contributed by atoms with van der Waals surface area (Å²) in [5.41, 5.74) is 0. The van der Waals surface area contributed by atoms with Crippen molar-refractivity contribution in [1.82, 2.24) is 0 Å². The molecule has 0 aliphatic rings. The third-order valence-corrected chi connectivity index (χ3v) is 2.84. The Morgan fingerprint density at radius 2 is 2.07 bits per heavy atom. The van der Waals surface area contributed by atoms with E-state index in [9.17, 15) is 4.46 Å². The van der Waals surface area contributed by atoms with Gasteiger partial charge in [-0.05, 0) is 12.3 Å². The van der Waals surface area contributed by atoms with Gasteiger partial charge in [0.05, 0.1) is 13.7 Å². The summed E-state index contributed by atoms with van der Waals surface area (Å²) in [4.78, 5) is 4.26. The summed E-state index contributed by atoms with van der Waals surface area (Å²) >= 11 is 0. The summed E-state index contributed by atoms with van der Waals surface area (Å²) in [7, 11) is -1.12. The van der Waals surface area contributed by atoms with Gasteiger partial charge < -0.3 is 9.00 Å².